The number of hydrogen-bond donors (Lipinski definition) is 1. The van der Waals surface area contributed by atoms with Crippen LogP contribution in [0.3, 0.4) is 0 Å². The van der Waals surface area contributed by atoms with Gasteiger partial charge in [0.25, 0.3) is 0 Å². The van der Waals surface area contributed by atoms with Gasteiger partial charge in [-0.3, -0.25) is 0 Å². The van der Waals surface area contributed by atoms with Crippen LogP contribution in [-0.4, -0.2) is 16.0 Å². The number of aliphatic imine (C=N–C) groups is 1. The number of ether oxygens (including phenoxy) is 1. The lowest BCUT2D eigenvalue weighted by Gasteiger charge is -2.08. The maximum atomic E-state index is 10.1. The molecule has 0 aliphatic rings. The van der Waals surface area contributed by atoms with Gasteiger partial charge in [0.1, 0.15) is 17.1 Å². The maximum Gasteiger partial charge on any atom is 0.242 e. The first-order valence-electron chi connectivity index (χ1n) is 4.93. The van der Waals surface area contributed by atoms with Crippen LogP contribution in [0.4, 0.5) is 11.5 Å². The Hall–Kier alpha value is -2.14. The number of isocyanates is 1. The average molecular weight is 297 g/mol. The Labute approximate surface area is 117 Å². The van der Waals surface area contributed by atoms with E-state index in [9.17, 15) is 4.79 Å². The van der Waals surface area contributed by atoms with Crippen molar-refractivity contribution in [1.82, 2.24) is 9.97 Å². The van der Waals surface area contributed by atoms with Gasteiger partial charge < -0.3 is 10.5 Å². The van der Waals surface area contributed by atoms with Crippen LogP contribution in [0.2, 0.25) is 10.0 Å². The van der Waals surface area contributed by atoms with Gasteiger partial charge >= 0.3 is 0 Å². The molecule has 0 unspecified atom stereocenters. The summed E-state index contributed by atoms with van der Waals surface area (Å²) >= 11 is 11.9. The van der Waals surface area contributed by atoms with Crippen molar-refractivity contribution in [3.63, 3.8) is 0 Å². The second-order valence-electron chi connectivity index (χ2n) is 3.30. The Kier molecular flexibility index (Phi) is 3.97. The number of anilines is 1. The zero-order valence-electron chi connectivity index (χ0n) is 9.30. The summed E-state index contributed by atoms with van der Waals surface area (Å²) < 4.78 is 5.42. The van der Waals surface area contributed by atoms with E-state index in [1.165, 1.54) is 18.5 Å². The van der Waals surface area contributed by atoms with Crippen molar-refractivity contribution < 1.29 is 9.53 Å². The predicted octanol–water partition coefficient (Wildman–Crippen LogP) is 3.13. The molecule has 0 saturated heterocycles. The Bertz CT molecular complexity index is 672. The average Bonchev–Trinajstić information content (AvgIpc) is 2.40. The van der Waals surface area contributed by atoms with E-state index >= 15 is 0 Å². The molecule has 0 amide bonds. The van der Waals surface area contributed by atoms with Crippen LogP contribution in [0.25, 0.3) is 0 Å². The highest BCUT2D eigenvalue weighted by Crippen LogP contribution is 2.37. The zero-order chi connectivity index (χ0) is 13.8. The highest BCUT2D eigenvalue weighted by atomic mass is 35.5. The van der Waals surface area contributed by atoms with Gasteiger partial charge in [0.05, 0.1) is 10.7 Å². The lowest BCUT2D eigenvalue weighted by molar-refractivity contribution is 0.462. The van der Waals surface area contributed by atoms with Crippen LogP contribution in [-0.2, 0) is 4.79 Å². The summed E-state index contributed by atoms with van der Waals surface area (Å²) in [7, 11) is 0. The van der Waals surface area contributed by atoms with E-state index in [0.717, 1.165) is 0 Å². The first-order chi connectivity index (χ1) is 9.11. The van der Waals surface area contributed by atoms with Crippen LogP contribution >= 0.6 is 23.2 Å². The molecule has 2 rings (SSSR count). The fourth-order valence-corrected chi connectivity index (χ4v) is 1.60. The fourth-order valence-electron chi connectivity index (χ4n) is 1.23. The summed E-state index contributed by atoms with van der Waals surface area (Å²) in [5.74, 6) is 0.560. The summed E-state index contributed by atoms with van der Waals surface area (Å²) in [6.07, 6.45) is 2.56. The predicted molar refractivity (Wildman–Crippen MR) is 70.8 cm³/mol. The minimum absolute atomic E-state index is 0.123. The molecule has 8 heteroatoms. The van der Waals surface area contributed by atoms with Crippen molar-refractivity contribution in [3.05, 3.63) is 34.6 Å². The van der Waals surface area contributed by atoms with Gasteiger partial charge in [-0.2, -0.15) is 0 Å². The minimum atomic E-state index is 0.123. The number of carbonyl (C=O) groups excluding carboxylic acids is 1. The number of rotatable bonds is 3. The molecule has 1 heterocycles. The SMILES string of the molecule is Nc1ccc(Oc2cc(N=C=O)ncn2)c(Cl)c1Cl. The normalized spacial score (nSPS) is 9.79. The summed E-state index contributed by atoms with van der Waals surface area (Å²) in [5, 5.41) is 0.361. The third-order valence-corrected chi connectivity index (χ3v) is 2.96. The van der Waals surface area contributed by atoms with Gasteiger partial charge in [0.15, 0.2) is 5.82 Å². The highest BCUT2D eigenvalue weighted by molar-refractivity contribution is 6.44. The van der Waals surface area contributed by atoms with E-state index in [2.05, 4.69) is 15.0 Å². The number of nitrogens with zero attached hydrogens (tertiary/aromatic N) is 3. The first-order valence-corrected chi connectivity index (χ1v) is 5.68. The monoisotopic (exact) mass is 296 g/mol. The van der Waals surface area contributed by atoms with Gasteiger partial charge in [-0.25, -0.2) is 14.8 Å². The number of benzene rings is 1. The quantitative estimate of drug-likeness (QED) is 0.534. The summed E-state index contributed by atoms with van der Waals surface area (Å²) in [6.45, 7) is 0. The van der Waals surface area contributed by atoms with Crippen molar-refractivity contribution in [2.75, 3.05) is 5.73 Å². The largest absolute Gasteiger partial charge is 0.437 e. The summed E-state index contributed by atoms with van der Waals surface area (Å²) in [6, 6.07) is 4.45. The highest BCUT2D eigenvalue weighted by Gasteiger charge is 2.11. The number of hydrogen-bond acceptors (Lipinski definition) is 6. The molecule has 1 aromatic heterocycles. The molecule has 0 bridgehead atoms. The maximum absolute atomic E-state index is 10.1. The van der Waals surface area contributed by atoms with Crippen LogP contribution in [0.5, 0.6) is 11.6 Å². The lowest BCUT2D eigenvalue weighted by atomic mass is 10.3. The van der Waals surface area contributed by atoms with Crippen LogP contribution in [0, 0.1) is 0 Å². The third-order valence-electron chi connectivity index (χ3n) is 2.08. The number of nitrogens with two attached hydrogens (primary N) is 1. The molecule has 0 spiro atoms. The van der Waals surface area contributed by atoms with E-state index < -0.39 is 0 Å². The zero-order valence-corrected chi connectivity index (χ0v) is 10.8. The summed E-state index contributed by atoms with van der Waals surface area (Å²) in [4.78, 5) is 21.1. The van der Waals surface area contributed by atoms with Gasteiger partial charge in [-0.15, -0.1) is 4.99 Å². The second kappa shape index (κ2) is 5.67. The molecule has 0 atom stereocenters. The van der Waals surface area contributed by atoms with Crippen LogP contribution in [0.1, 0.15) is 0 Å². The van der Waals surface area contributed by atoms with Crippen LogP contribution in [0.15, 0.2) is 29.5 Å². The molecule has 6 nitrogen and oxygen atoms in total. The standard InChI is InChI=1S/C11H6Cl2N4O2/c12-10-6(14)1-2-7(11(10)13)19-9-3-8(17-5-18)15-4-16-9/h1-4H,14H2. The van der Waals surface area contributed by atoms with E-state index in [4.69, 9.17) is 33.7 Å². The fraction of sp³-hybridized carbons (Fsp3) is 0. The van der Waals surface area contributed by atoms with Crippen molar-refractivity contribution in [1.29, 1.82) is 0 Å². The van der Waals surface area contributed by atoms with E-state index in [1.54, 1.807) is 12.1 Å². The lowest BCUT2D eigenvalue weighted by Crippen LogP contribution is -1.92. The molecule has 0 aliphatic heterocycles. The Morgan fingerprint density at radius 3 is 2.79 bits per heavy atom. The molecule has 2 N–H and O–H groups in total. The summed E-state index contributed by atoms with van der Waals surface area (Å²) in [5.41, 5.74) is 5.93. The topological polar surface area (TPSA) is 90.5 Å². The number of halogens is 2. The molecule has 0 saturated carbocycles. The molecule has 1 aromatic carbocycles. The molecule has 0 fully saturated rings. The van der Waals surface area contributed by atoms with Gasteiger partial charge in [0.2, 0.25) is 12.0 Å². The van der Waals surface area contributed by atoms with E-state index in [0.29, 0.717) is 5.69 Å². The van der Waals surface area contributed by atoms with Gasteiger partial charge in [-0.05, 0) is 12.1 Å². The van der Waals surface area contributed by atoms with Crippen molar-refractivity contribution in [2.45, 2.75) is 0 Å². The molecule has 19 heavy (non-hydrogen) atoms. The molecule has 0 radical (unpaired) electrons. The van der Waals surface area contributed by atoms with Crippen LogP contribution < -0.4 is 10.5 Å². The molecular weight excluding hydrogens is 291 g/mol. The molecule has 0 aliphatic carbocycles. The Morgan fingerprint density at radius 2 is 2.05 bits per heavy atom. The number of aromatic nitrogens is 2. The molecular formula is C11H6Cl2N4O2. The van der Waals surface area contributed by atoms with E-state index in [-0.39, 0.29) is 27.5 Å². The van der Waals surface area contributed by atoms with Gasteiger partial charge in [0, 0.05) is 6.07 Å². The number of nitrogen functional groups attached to an aromatic ring is 1. The molecule has 2 aromatic rings. The first kappa shape index (κ1) is 13.3. The van der Waals surface area contributed by atoms with Crippen molar-refractivity contribution in [2.24, 2.45) is 4.99 Å². The minimum Gasteiger partial charge on any atom is -0.437 e. The third kappa shape index (κ3) is 3.00. The Balaban J connectivity index is 2.33. The second-order valence-corrected chi connectivity index (χ2v) is 4.06. The Morgan fingerprint density at radius 1 is 1.26 bits per heavy atom. The van der Waals surface area contributed by atoms with Crippen molar-refractivity contribution in [3.8, 4) is 11.6 Å². The van der Waals surface area contributed by atoms with E-state index in [1.807, 2.05) is 0 Å². The van der Waals surface area contributed by atoms with Gasteiger partial charge in [-0.1, -0.05) is 23.2 Å². The van der Waals surface area contributed by atoms with Crippen molar-refractivity contribution >= 4 is 40.8 Å². The smallest absolute Gasteiger partial charge is 0.242 e. The molecule has 96 valence electrons.